The lowest BCUT2D eigenvalue weighted by Crippen LogP contribution is -2.35. The van der Waals surface area contributed by atoms with Crippen molar-refractivity contribution in [2.45, 2.75) is 25.7 Å². The number of nitrogens with zero attached hydrogens (tertiary/aromatic N) is 6. The Morgan fingerprint density at radius 1 is 1.18 bits per heavy atom. The van der Waals surface area contributed by atoms with E-state index in [2.05, 4.69) is 15.0 Å². The number of pyridine rings is 1. The van der Waals surface area contributed by atoms with Crippen molar-refractivity contribution in [2.75, 3.05) is 18.0 Å². The maximum atomic E-state index is 15.0. The van der Waals surface area contributed by atoms with E-state index >= 15 is 0 Å². The first-order valence-corrected chi connectivity index (χ1v) is 11.3. The van der Waals surface area contributed by atoms with Gasteiger partial charge in [-0.05, 0) is 43.5 Å². The molecule has 9 heteroatoms. The van der Waals surface area contributed by atoms with Gasteiger partial charge in [-0.2, -0.15) is 5.10 Å². The molecule has 1 aliphatic rings. The number of aromatic nitrogens is 5. The standard InChI is InChI=1S/C24H24ClFN6O/c1-14-28-20-10-21(32-8-4-5-15(13-32)16-11-27-30(2)12-16)29-23(22(20)24(33)31(14)3)18-7-6-17(25)9-19(18)26/h6-7,9-12,15H,4-5,8,13H2,1-3H3/t15-/m0/s1. The highest BCUT2D eigenvalue weighted by Gasteiger charge is 2.26. The van der Waals surface area contributed by atoms with Crippen LogP contribution in [0.5, 0.6) is 0 Å². The average molecular weight is 467 g/mol. The first-order valence-electron chi connectivity index (χ1n) is 10.9. The van der Waals surface area contributed by atoms with Gasteiger partial charge in [0.2, 0.25) is 0 Å². The first kappa shape index (κ1) is 21.6. The van der Waals surface area contributed by atoms with Gasteiger partial charge in [-0.1, -0.05) is 11.6 Å². The largest absolute Gasteiger partial charge is 0.356 e. The molecule has 33 heavy (non-hydrogen) atoms. The van der Waals surface area contributed by atoms with Crippen LogP contribution in [0.4, 0.5) is 10.2 Å². The molecule has 0 radical (unpaired) electrons. The fourth-order valence-corrected chi connectivity index (χ4v) is 4.69. The molecule has 0 amide bonds. The number of rotatable bonds is 3. The van der Waals surface area contributed by atoms with Crippen molar-refractivity contribution < 1.29 is 4.39 Å². The van der Waals surface area contributed by atoms with Crippen LogP contribution in [0.25, 0.3) is 22.2 Å². The fraction of sp³-hybridized carbons (Fsp3) is 0.333. The topological polar surface area (TPSA) is 68.8 Å². The number of piperidine rings is 1. The Morgan fingerprint density at radius 3 is 2.73 bits per heavy atom. The maximum absolute atomic E-state index is 15.0. The summed E-state index contributed by atoms with van der Waals surface area (Å²) < 4.78 is 18.2. The summed E-state index contributed by atoms with van der Waals surface area (Å²) in [5.41, 5.74) is 1.96. The van der Waals surface area contributed by atoms with Crippen molar-refractivity contribution in [1.82, 2.24) is 24.3 Å². The van der Waals surface area contributed by atoms with Gasteiger partial charge in [0, 0.05) is 56.0 Å². The van der Waals surface area contributed by atoms with Crippen LogP contribution in [0.1, 0.15) is 30.1 Å². The molecule has 0 saturated carbocycles. The van der Waals surface area contributed by atoms with Crippen molar-refractivity contribution >= 4 is 28.3 Å². The minimum absolute atomic E-state index is 0.231. The Hall–Kier alpha value is -3.26. The van der Waals surface area contributed by atoms with E-state index in [4.69, 9.17) is 16.6 Å². The predicted octanol–water partition coefficient (Wildman–Crippen LogP) is 4.21. The minimum atomic E-state index is -0.525. The molecule has 0 aliphatic carbocycles. The quantitative estimate of drug-likeness (QED) is 0.452. The van der Waals surface area contributed by atoms with Crippen LogP contribution in [0.15, 0.2) is 41.5 Å². The molecule has 4 heterocycles. The SMILES string of the molecule is Cc1nc2cc(N3CCC[C@H](c4cnn(C)c4)C3)nc(-c3ccc(Cl)cc3F)c2c(=O)n1C. The summed E-state index contributed by atoms with van der Waals surface area (Å²) >= 11 is 5.98. The van der Waals surface area contributed by atoms with Crippen molar-refractivity contribution in [1.29, 1.82) is 0 Å². The van der Waals surface area contributed by atoms with Crippen LogP contribution in [-0.4, -0.2) is 37.4 Å². The summed E-state index contributed by atoms with van der Waals surface area (Å²) in [4.78, 5) is 24.8. The number of hydrogen-bond donors (Lipinski definition) is 0. The third-order valence-corrected chi connectivity index (χ3v) is 6.63. The van der Waals surface area contributed by atoms with Crippen LogP contribution in [0.2, 0.25) is 5.02 Å². The van der Waals surface area contributed by atoms with Gasteiger partial charge < -0.3 is 4.90 Å². The molecule has 0 bridgehead atoms. The van der Waals surface area contributed by atoms with Crippen LogP contribution < -0.4 is 10.5 Å². The molecular weight excluding hydrogens is 443 g/mol. The second kappa shape index (κ2) is 8.26. The molecule has 0 N–H and O–H groups in total. The molecule has 0 unspecified atom stereocenters. The van der Waals surface area contributed by atoms with Gasteiger partial charge in [0.1, 0.15) is 17.5 Å². The molecule has 3 aromatic heterocycles. The van der Waals surface area contributed by atoms with Crippen LogP contribution in [0.3, 0.4) is 0 Å². The Bertz CT molecular complexity index is 1430. The average Bonchev–Trinajstić information content (AvgIpc) is 3.23. The Labute approximate surface area is 195 Å². The van der Waals surface area contributed by atoms with Gasteiger partial charge in [-0.3, -0.25) is 14.0 Å². The van der Waals surface area contributed by atoms with Gasteiger partial charge >= 0.3 is 0 Å². The van der Waals surface area contributed by atoms with E-state index < -0.39 is 5.82 Å². The highest BCUT2D eigenvalue weighted by molar-refractivity contribution is 6.30. The number of anilines is 1. The van der Waals surface area contributed by atoms with E-state index in [0.29, 0.717) is 28.5 Å². The predicted molar refractivity (Wildman–Crippen MR) is 127 cm³/mol. The molecule has 7 nitrogen and oxygen atoms in total. The summed E-state index contributed by atoms with van der Waals surface area (Å²) in [5.74, 6) is 1.06. The minimum Gasteiger partial charge on any atom is -0.356 e. The van der Waals surface area contributed by atoms with Crippen LogP contribution in [0, 0.1) is 12.7 Å². The number of halogens is 2. The maximum Gasteiger partial charge on any atom is 0.263 e. The third-order valence-electron chi connectivity index (χ3n) is 6.40. The van der Waals surface area contributed by atoms with Gasteiger partial charge in [0.05, 0.1) is 22.8 Å². The zero-order valence-corrected chi connectivity index (χ0v) is 19.5. The summed E-state index contributed by atoms with van der Waals surface area (Å²) in [5, 5.41) is 4.90. The van der Waals surface area contributed by atoms with E-state index in [1.807, 2.05) is 30.2 Å². The third kappa shape index (κ3) is 3.88. The first-order chi connectivity index (χ1) is 15.8. The lowest BCUT2D eigenvalue weighted by atomic mass is 9.93. The number of aryl methyl sites for hydroxylation is 2. The highest BCUT2D eigenvalue weighted by Crippen LogP contribution is 2.34. The van der Waals surface area contributed by atoms with E-state index in [0.717, 1.165) is 25.9 Å². The van der Waals surface area contributed by atoms with E-state index in [1.54, 1.807) is 26.1 Å². The Morgan fingerprint density at radius 2 is 2.00 bits per heavy atom. The van der Waals surface area contributed by atoms with Crippen molar-refractivity contribution in [3.63, 3.8) is 0 Å². The summed E-state index contributed by atoms with van der Waals surface area (Å²) in [6.07, 6.45) is 6.01. The molecule has 1 saturated heterocycles. The number of hydrogen-bond acceptors (Lipinski definition) is 5. The van der Waals surface area contributed by atoms with Crippen molar-refractivity contribution in [3.05, 3.63) is 69.2 Å². The molecular formula is C24H24ClFN6O. The molecule has 170 valence electrons. The monoisotopic (exact) mass is 466 g/mol. The fourth-order valence-electron chi connectivity index (χ4n) is 4.53. The van der Waals surface area contributed by atoms with E-state index in [-0.39, 0.29) is 21.8 Å². The van der Waals surface area contributed by atoms with E-state index in [9.17, 15) is 9.18 Å². The molecule has 1 aliphatic heterocycles. The van der Waals surface area contributed by atoms with Gasteiger partial charge in [0.25, 0.3) is 5.56 Å². The van der Waals surface area contributed by atoms with Crippen molar-refractivity contribution in [2.24, 2.45) is 14.1 Å². The highest BCUT2D eigenvalue weighted by atomic mass is 35.5. The van der Waals surface area contributed by atoms with Crippen LogP contribution >= 0.6 is 11.6 Å². The molecule has 1 atom stereocenters. The zero-order chi connectivity index (χ0) is 23.3. The molecule has 1 aromatic carbocycles. The van der Waals surface area contributed by atoms with Gasteiger partial charge in [0.15, 0.2) is 0 Å². The smallest absolute Gasteiger partial charge is 0.263 e. The second-order valence-corrected chi connectivity index (χ2v) is 9.04. The Kier molecular flexibility index (Phi) is 5.40. The summed E-state index contributed by atoms with van der Waals surface area (Å²) in [7, 11) is 3.57. The Balaban J connectivity index is 1.67. The normalized spacial score (nSPS) is 16.5. The molecule has 0 spiro atoms. The van der Waals surface area contributed by atoms with Crippen molar-refractivity contribution in [3.8, 4) is 11.3 Å². The summed E-state index contributed by atoms with van der Waals surface area (Å²) in [6.45, 7) is 3.36. The van der Waals surface area contributed by atoms with Gasteiger partial charge in [-0.25, -0.2) is 14.4 Å². The lowest BCUT2D eigenvalue weighted by molar-refractivity contribution is 0.507. The number of benzene rings is 1. The lowest BCUT2D eigenvalue weighted by Gasteiger charge is -2.33. The van der Waals surface area contributed by atoms with E-state index in [1.165, 1.54) is 16.2 Å². The summed E-state index contributed by atoms with van der Waals surface area (Å²) in [6, 6.07) is 6.25. The molecule has 1 fully saturated rings. The molecule has 4 aromatic rings. The van der Waals surface area contributed by atoms with Crippen LogP contribution in [-0.2, 0) is 14.1 Å². The second-order valence-electron chi connectivity index (χ2n) is 8.60. The number of fused-ring (bicyclic) bond motifs is 1. The van der Waals surface area contributed by atoms with Gasteiger partial charge in [-0.15, -0.1) is 0 Å². The zero-order valence-electron chi connectivity index (χ0n) is 18.7. The molecule has 5 rings (SSSR count).